The second kappa shape index (κ2) is 7.59. The van der Waals surface area contributed by atoms with Gasteiger partial charge in [-0.1, -0.05) is 0 Å². The molecule has 3 heterocycles. The third-order valence-electron chi connectivity index (χ3n) is 6.06. The van der Waals surface area contributed by atoms with Crippen molar-refractivity contribution in [2.75, 3.05) is 33.2 Å². The molecule has 0 amide bonds. The lowest BCUT2D eigenvalue weighted by atomic mass is 9.99. The monoisotopic (exact) mass is 409 g/mol. The number of nitrogens with zero attached hydrogens (tertiary/aromatic N) is 6. The van der Waals surface area contributed by atoms with E-state index in [9.17, 15) is 4.79 Å². The summed E-state index contributed by atoms with van der Waals surface area (Å²) in [6.45, 7) is 14.0. The first kappa shape index (κ1) is 20.7. The molecule has 1 N–H and O–H groups in total. The molecule has 1 atom stereocenters. The molecule has 0 spiro atoms. The van der Waals surface area contributed by atoms with Crippen molar-refractivity contribution >= 4 is 10.9 Å². The van der Waals surface area contributed by atoms with E-state index in [0.29, 0.717) is 11.4 Å². The molecule has 8 nitrogen and oxygen atoms in total. The van der Waals surface area contributed by atoms with Crippen LogP contribution >= 0.6 is 0 Å². The number of piperazine rings is 1. The van der Waals surface area contributed by atoms with Gasteiger partial charge in [-0.2, -0.15) is 0 Å². The van der Waals surface area contributed by atoms with E-state index in [1.807, 2.05) is 16.8 Å². The van der Waals surface area contributed by atoms with Gasteiger partial charge < -0.3 is 9.88 Å². The highest BCUT2D eigenvalue weighted by atomic mass is 16.1. The maximum Gasteiger partial charge on any atom is 0.253 e. The first-order chi connectivity index (χ1) is 14.1. The number of nitrogens with one attached hydrogen (secondary N) is 1. The second-order valence-corrected chi connectivity index (χ2v) is 9.44. The van der Waals surface area contributed by atoms with Gasteiger partial charge in [-0.25, -0.2) is 4.68 Å². The molecule has 160 valence electrons. The first-order valence-electron chi connectivity index (χ1n) is 10.5. The molecule has 0 unspecified atom stereocenters. The van der Waals surface area contributed by atoms with Crippen LogP contribution in [-0.4, -0.2) is 68.2 Å². The van der Waals surface area contributed by atoms with Gasteiger partial charge in [-0.15, -0.1) is 5.10 Å². The van der Waals surface area contributed by atoms with Gasteiger partial charge in [0, 0.05) is 37.3 Å². The second-order valence-electron chi connectivity index (χ2n) is 9.44. The fraction of sp³-hybridized carbons (Fsp3) is 0.545. The van der Waals surface area contributed by atoms with Crippen LogP contribution in [0.25, 0.3) is 10.9 Å². The van der Waals surface area contributed by atoms with E-state index in [0.717, 1.165) is 42.6 Å². The third kappa shape index (κ3) is 3.77. The number of likely N-dealkylation sites (N-methyl/N-ethyl adjacent to an activating group) is 1. The van der Waals surface area contributed by atoms with E-state index in [2.05, 4.69) is 78.0 Å². The van der Waals surface area contributed by atoms with Crippen LogP contribution in [0.1, 0.15) is 49.3 Å². The average Bonchev–Trinajstić information content (AvgIpc) is 3.15. The van der Waals surface area contributed by atoms with Crippen molar-refractivity contribution in [3.05, 3.63) is 51.1 Å². The normalized spacial score (nSPS) is 17.5. The summed E-state index contributed by atoms with van der Waals surface area (Å²) in [6.07, 6.45) is 0. The highest BCUT2D eigenvalue weighted by molar-refractivity contribution is 5.81. The lowest BCUT2D eigenvalue weighted by Crippen LogP contribution is -2.48. The molecule has 1 fully saturated rings. The van der Waals surface area contributed by atoms with Crippen molar-refractivity contribution in [2.24, 2.45) is 0 Å². The number of aromatic nitrogens is 5. The Morgan fingerprint density at radius 3 is 2.37 bits per heavy atom. The summed E-state index contributed by atoms with van der Waals surface area (Å²) in [5, 5.41) is 13.7. The van der Waals surface area contributed by atoms with Crippen LogP contribution in [0, 0.1) is 13.8 Å². The number of benzene rings is 1. The lowest BCUT2D eigenvalue weighted by Gasteiger charge is -2.38. The molecule has 30 heavy (non-hydrogen) atoms. The van der Waals surface area contributed by atoms with Gasteiger partial charge in [0.1, 0.15) is 6.04 Å². The summed E-state index contributed by atoms with van der Waals surface area (Å²) in [7, 11) is 2.12. The van der Waals surface area contributed by atoms with Gasteiger partial charge in [0.15, 0.2) is 5.82 Å². The number of hydrogen-bond acceptors (Lipinski definition) is 6. The Morgan fingerprint density at radius 1 is 1.03 bits per heavy atom. The summed E-state index contributed by atoms with van der Waals surface area (Å²) in [5.41, 5.74) is 3.54. The molecule has 1 aliphatic heterocycles. The number of aromatic amines is 1. The van der Waals surface area contributed by atoms with Gasteiger partial charge in [0.25, 0.3) is 5.56 Å². The number of pyridine rings is 1. The number of aryl methyl sites for hydroxylation is 2. The van der Waals surface area contributed by atoms with E-state index < -0.39 is 0 Å². The van der Waals surface area contributed by atoms with Crippen LogP contribution in [0.3, 0.4) is 0 Å². The number of tetrazole rings is 1. The molecular weight excluding hydrogens is 378 g/mol. The van der Waals surface area contributed by atoms with Gasteiger partial charge in [0.2, 0.25) is 0 Å². The molecule has 0 bridgehead atoms. The Bertz CT molecular complexity index is 1120. The minimum Gasteiger partial charge on any atom is -0.322 e. The van der Waals surface area contributed by atoms with E-state index in [4.69, 9.17) is 0 Å². The molecule has 1 aliphatic rings. The lowest BCUT2D eigenvalue weighted by molar-refractivity contribution is 0.118. The van der Waals surface area contributed by atoms with Crippen molar-refractivity contribution < 1.29 is 0 Å². The van der Waals surface area contributed by atoms with Crippen molar-refractivity contribution in [3.8, 4) is 0 Å². The Hall–Kier alpha value is -2.58. The molecular formula is C22H31N7O. The molecule has 0 aliphatic carbocycles. The van der Waals surface area contributed by atoms with Gasteiger partial charge in [-0.05, 0) is 86.8 Å². The van der Waals surface area contributed by atoms with E-state index >= 15 is 0 Å². The molecule has 2 aromatic heterocycles. The maximum atomic E-state index is 13.3. The molecule has 1 aromatic carbocycles. The molecule has 1 saturated heterocycles. The highest BCUT2D eigenvalue weighted by Gasteiger charge is 2.34. The summed E-state index contributed by atoms with van der Waals surface area (Å²) in [6, 6.07) is 5.89. The number of rotatable bonds is 3. The topological polar surface area (TPSA) is 82.9 Å². The number of hydrogen-bond donors (Lipinski definition) is 1. The van der Waals surface area contributed by atoms with Crippen molar-refractivity contribution in [2.45, 2.75) is 46.2 Å². The van der Waals surface area contributed by atoms with Crippen molar-refractivity contribution in [1.29, 1.82) is 0 Å². The molecule has 0 saturated carbocycles. The number of fused-ring (bicyclic) bond motifs is 1. The van der Waals surface area contributed by atoms with Crippen molar-refractivity contribution in [1.82, 2.24) is 35.0 Å². The van der Waals surface area contributed by atoms with Crippen LogP contribution < -0.4 is 5.56 Å². The maximum absolute atomic E-state index is 13.3. The zero-order valence-electron chi connectivity index (χ0n) is 18.7. The molecule has 0 radical (unpaired) electrons. The van der Waals surface area contributed by atoms with Crippen LogP contribution in [0.5, 0.6) is 0 Å². The van der Waals surface area contributed by atoms with Crippen LogP contribution in [0.2, 0.25) is 0 Å². The predicted molar refractivity (Wildman–Crippen MR) is 118 cm³/mol. The highest BCUT2D eigenvalue weighted by Crippen LogP contribution is 2.30. The minimum absolute atomic E-state index is 0.0851. The van der Waals surface area contributed by atoms with Crippen LogP contribution in [0.15, 0.2) is 23.0 Å². The molecule has 8 heteroatoms. The summed E-state index contributed by atoms with van der Waals surface area (Å²) in [5.74, 6) is 0.709. The van der Waals surface area contributed by atoms with Gasteiger partial charge in [-0.3, -0.25) is 9.69 Å². The summed E-state index contributed by atoms with van der Waals surface area (Å²) in [4.78, 5) is 21.0. The fourth-order valence-electron chi connectivity index (χ4n) is 4.12. The minimum atomic E-state index is -0.303. The van der Waals surface area contributed by atoms with E-state index in [1.54, 1.807) is 0 Å². The third-order valence-corrected chi connectivity index (χ3v) is 6.06. The van der Waals surface area contributed by atoms with Gasteiger partial charge in [0.05, 0.1) is 5.54 Å². The average molecular weight is 410 g/mol. The Labute approximate surface area is 176 Å². The molecule has 3 aromatic rings. The first-order valence-corrected chi connectivity index (χ1v) is 10.5. The summed E-state index contributed by atoms with van der Waals surface area (Å²) >= 11 is 0. The summed E-state index contributed by atoms with van der Waals surface area (Å²) < 4.78 is 1.85. The van der Waals surface area contributed by atoms with E-state index in [1.165, 1.54) is 5.56 Å². The zero-order valence-corrected chi connectivity index (χ0v) is 18.7. The standard InChI is InChI=1S/C22H31N7O/c1-14-11-16-13-17(21(30)23-18(16)12-15(14)2)19(28-9-7-27(6)8-10-28)20-24-25-26-29(20)22(3,4)5/h11-13,19H,7-10H2,1-6H3,(H,23,30)/t19-/m0/s1. The smallest absolute Gasteiger partial charge is 0.253 e. The van der Waals surface area contributed by atoms with Gasteiger partial charge >= 0.3 is 0 Å². The Kier molecular flexibility index (Phi) is 5.23. The molecule has 4 rings (SSSR count). The Balaban J connectivity index is 1.90. The number of H-pyrrole nitrogens is 1. The zero-order chi connectivity index (χ0) is 21.6. The van der Waals surface area contributed by atoms with E-state index in [-0.39, 0.29) is 17.1 Å². The van der Waals surface area contributed by atoms with Crippen LogP contribution in [-0.2, 0) is 5.54 Å². The Morgan fingerprint density at radius 2 is 1.70 bits per heavy atom. The SMILES string of the molecule is Cc1cc2cc([C@@H](c3nnnn3C(C)(C)C)N3CCN(C)CC3)c(=O)[nH]c2cc1C. The largest absolute Gasteiger partial charge is 0.322 e. The fourth-order valence-corrected chi connectivity index (χ4v) is 4.12. The predicted octanol–water partition coefficient (Wildman–Crippen LogP) is 2.22. The van der Waals surface area contributed by atoms with Crippen molar-refractivity contribution in [3.63, 3.8) is 0 Å². The van der Waals surface area contributed by atoms with Crippen LogP contribution in [0.4, 0.5) is 0 Å². The quantitative estimate of drug-likeness (QED) is 0.714.